The third kappa shape index (κ3) is 6.88. The van der Waals surface area contributed by atoms with Crippen LogP contribution in [0.15, 0.2) is 24.3 Å². The van der Waals surface area contributed by atoms with E-state index in [0.717, 1.165) is 12.0 Å². The molecular formula is C19H29ClN2O3S2. The third-order valence-corrected chi connectivity index (χ3v) is 7.50. The number of amides is 1. The molecule has 0 unspecified atom stereocenters. The lowest BCUT2D eigenvalue weighted by molar-refractivity contribution is -0.122. The normalized spacial score (nSPS) is 16.7. The first kappa shape index (κ1) is 22.4. The molecule has 0 saturated heterocycles. The smallest absolute Gasteiger partial charge is 0.243 e. The summed E-state index contributed by atoms with van der Waals surface area (Å²) in [6.07, 6.45) is 7.93. The fourth-order valence-electron chi connectivity index (χ4n) is 3.42. The standard InChI is InChI=1S/C19H29ClN2O3S2/c1-3-18(19(23)21-12-13-26-17-10-5-4-6-11-17)22(27(2,24)25)16-9-7-8-15(20)14-16/h7-9,14,17-18H,3-6,10-13H2,1-2H3,(H,21,23)/t18-/m1/s1. The van der Waals surface area contributed by atoms with Crippen molar-refractivity contribution in [2.75, 3.05) is 22.9 Å². The maximum atomic E-state index is 12.7. The van der Waals surface area contributed by atoms with Crippen molar-refractivity contribution in [3.63, 3.8) is 0 Å². The van der Waals surface area contributed by atoms with Crippen LogP contribution >= 0.6 is 23.4 Å². The van der Waals surface area contributed by atoms with E-state index in [4.69, 9.17) is 11.6 Å². The predicted octanol–water partition coefficient (Wildman–Crippen LogP) is 4.07. The zero-order valence-corrected chi connectivity index (χ0v) is 18.4. The lowest BCUT2D eigenvalue weighted by Gasteiger charge is -2.30. The second-order valence-corrected chi connectivity index (χ2v) is 10.6. The van der Waals surface area contributed by atoms with E-state index in [2.05, 4.69) is 5.32 Å². The summed E-state index contributed by atoms with van der Waals surface area (Å²) in [5.74, 6) is 0.579. The van der Waals surface area contributed by atoms with Gasteiger partial charge < -0.3 is 5.32 Å². The summed E-state index contributed by atoms with van der Waals surface area (Å²) in [6.45, 7) is 2.35. The molecule has 0 heterocycles. The van der Waals surface area contributed by atoms with E-state index >= 15 is 0 Å². The molecule has 0 bridgehead atoms. The number of rotatable bonds is 9. The van der Waals surface area contributed by atoms with Crippen molar-refractivity contribution >= 4 is 45.0 Å². The highest BCUT2D eigenvalue weighted by molar-refractivity contribution is 7.99. The molecule has 1 amide bonds. The molecule has 1 N–H and O–H groups in total. The van der Waals surface area contributed by atoms with Gasteiger partial charge in [-0.25, -0.2) is 8.42 Å². The molecule has 1 atom stereocenters. The molecule has 2 rings (SSSR count). The maximum absolute atomic E-state index is 12.7. The molecule has 0 aliphatic heterocycles. The average Bonchev–Trinajstić information content (AvgIpc) is 2.62. The number of carbonyl (C=O) groups excluding carboxylic acids is 1. The molecule has 1 aliphatic carbocycles. The number of anilines is 1. The Hall–Kier alpha value is -0.920. The molecular weight excluding hydrogens is 404 g/mol. The van der Waals surface area contributed by atoms with Crippen LogP contribution in [0, 0.1) is 0 Å². The molecule has 8 heteroatoms. The highest BCUT2D eigenvalue weighted by atomic mass is 35.5. The number of benzene rings is 1. The minimum Gasteiger partial charge on any atom is -0.353 e. The van der Waals surface area contributed by atoms with E-state index in [1.54, 1.807) is 24.3 Å². The summed E-state index contributed by atoms with van der Waals surface area (Å²) in [7, 11) is -3.63. The van der Waals surface area contributed by atoms with Crippen molar-refractivity contribution < 1.29 is 13.2 Å². The fourth-order valence-corrected chi connectivity index (χ4v) is 6.03. The summed E-state index contributed by atoms with van der Waals surface area (Å²) in [5.41, 5.74) is 0.406. The predicted molar refractivity (Wildman–Crippen MR) is 115 cm³/mol. The molecule has 0 aromatic heterocycles. The van der Waals surface area contributed by atoms with E-state index in [1.165, 1.54) is 36.4 Å². The molecule has 1 saturated carbocycles. The Morgan fingerprint density at radius 1 is 1.33 bits per heavy atom. The Morgan fingerprint density at radius 3 is 2.63 bits per heavy atom. The van der Waals surface area contributed by atoms with E-state index in [0.29, 0.717) is 28.9 Å². The van der Waals surface area contributed by atoms with Gasteiger partial charge in [0.25, 0.3) is 0 Å². The average molecular weight is 433 g/mol. The summed E-state index contributed by atoms with van der Waals surface area (Å²) in [4.78, 5) is 12.7. The van der Waals surface area contributed by atoms with Gasteiger partial charge in [-0.05, 0) is 37.5 Å². The second kappa shape index (κ2) is 10.6. The van der Waals surface area contributed by atoms with Crippen LogP contribution in [0.1, 0.15) is 45.4 Å². The van der Waals surface area contributed by atoms with Crippen LogP contribution in [0.3, 0.4) is 0 Å². The summed E-state index contributed by atoms with van der Waals surface area (Å²) in [5, 5.41) is 4.03. The van der Waals surface area contributed by atoms with E-state index in [-0.39, 0.29) is 5.91 Å². The van der Waals surface area contributed by atoms with Gasteiger partial charge in [-0.15, -0.1) is 0 Å². The zero-order chi connectivity index (χ0) is 19.9. The Balaban J connectivity index is 1.99. The molecule has 1 aliphatic rings. The minimum atomic E-state index is -3.63. The van der Waals surface area contributed by atoms with Crippen LogP contribution in [0.5, 0.6) is 0 Å². The first-order chi connectivity index (χ1) is 12.8. The van der Waals surface area contributed by atoms with Crippen LogP contribution in [0.2, 0.25) is 5.02 Å². The van der Waals surface area contributed by atoms with Crippen LogP contribution in [-0.4, -0.2) is 44.2 Å². The van der Waals surface area contributed by atoms with Crippen LogP contribution in [-0.2, 0) is 14.8 Å². The first-order valence-electron chi connectivity index (χ1n) is 9.47. The van der Waals surface area contributed by atoms with Gasteiger partial charge in [0.05, 0.1) is 11.9 Å². The van der Waals surface area contributed by atoms with Gasteiger partial charge in [0.15, 0.2) is 0 Å². The lowest BCUT2D eigenvalue weighted by Crippen LogP contribution is -2.49. The Kier molecular flexibility index (Phi) is 8.76. The number of hydrogen-bond donors (Lipinski definition) is 1. The number of halogens is 1. The molecule has 5 nitrogen and oxygen atoms in total. The largest absolute Gasteiger partial charge is 0.353 e. The molecule has 1 aromatic rings. The van der Waals surface area contributed by atoms with Crippen molar-refractivity contribution in [1.82, 2.24) is 5.32 Å². The van der Waals surface area contributed by atoms with Gasteiger partial charge in [-0.1, -0.05) is 43.9 Å². The maximum Gasteiger partial charge on any atom is 0.243 e. The van der Waals surface area contributed by atoms with Gasteiger partial charge in [-0.2, -0.15) is 11.8 Å². The van der Waals surface area contributed by atoms with Gasteiger partial charge in [0, 0.05) is 22.6 Å². The highest BCUT2D eigenvalue weighted by Gasteiger charge is 2.31. The van der Waals surface area contributed by atoms with Crippen LogP contribution in [0.25, 0.3) is 0 Å². The van der Waals surface area contributed by atoms with Crippen molar-refractivity contribution in [2.45, 2.75) is 56.7 Å². The van der Waals surface area contributed by atoms with Crippen molar-refractivity contribution in [1.29, 1.82) is 0 Å². The summed E-state index contributed by atoms with van der Waals surface area (Å²) >= 11 is 7.92. The van der Waals surface area contributed by atoms with E-state index in [9.17, 15) is 13.2 Å². The number of sulfonamides is 1. The van der Waals surface area contributed by atoms with Gasteiger partial charge >= 0.3 is 0 Å². The number of carbonyl (C=O) groups is 1. The molecule has 152 valence electrons. The Morgan fingerprint density at radius 2 is 2.04 bits per heavy atom. The van der Waals surface area contributed by atoms with E-state index in [1.807, 2.05) is 18.7 Å². The number of nitrogens with one attached hydrogen (secondary N) is 1. The topological polar surface area (TPSA) is 66.5 Å². The van der Waals surface area contributed by atoms with Crippen LogP contribution in [0.4, 0.5) is 5.69 Å². The SMILES string of the molecule is CC[C@H](C(=O)NCCSC1CCCCC1)N(c1cccc(Cl)c1)S(C)(=O)=O. The monoisotopic (exact) mass is 432 g/mol. The molecule has 0 radical (unpaired) electrons. The van der Waals surface area contributed by atoms with Crippen molar-refractivity contribution in [3.8, 4) is 0 Å². The quantitative estimate of drug-likeness (QED) is 0.597. The first-order valence-corrected chi connectivity index (χ1v) is 12.7. The summed E-state index contributed by atoms with van der Waals surface area (Å²) in [6, 6.07) is 5.79. The van der Waals surface area contributed by atoms with Crippen molar-refractivity contribution in [3.05, 3.63) is 29.3 Å². The Labute approximate surface area is 172 Å². The number of thioether (sulfide) groups is 1. The third-order valence-electron chi connectivity index (χ3n) is 4.70. The fraction of sp³-hybridized carbons (Fsp3) is 0.632. The van der Waals surface area contributed by atoms with Gasteiger partial charge in [0.1, 0.15) is 6.04 Å². The molecule has 27 heavy (non-hydrogen) atoms. The molecule has 1 fully saturated rings. The highest BCUT2D eigenvalue weighted by Crippen LogP contribution is 2.28. The summed E-state index contributed by atoms with van der Waals surface area (Å²) < 4.78 is 25.9. The Bertz CT molecular complexity index is 721. The zero-order valence-electron chi connectivity index (χ0n) is 16.0. The molecule has 1 aromatic carbocycles. The van der Waals surface area contributed by atoms with Crippen molar-refractivity contribution in [2.24, 2.45) is 0 Å². The second-order valence-electron chi connectivity index (χ2n) is 6.88. The lowest BCUT2D eigenvalue weighted by atomic mass is 10.0. The van der Waals surface area contributed by atoms with Crippen LogP contribution < -0.4 is 9.62 Å². The minimum absolute atomic E-state index is 0.271. The molecule has 0 spiro atoms. The number of nitrogens with zero attached hydrogens (tertiary/aromatic N) is 1. The van der Waals surface area contributed by atoms with Gasteiger partial charge in [-0.3, -0.25) is 9.10 Å². The number of hydrogen-bond acceptors (Lipinski definition) is 4. The van der Waals surface area contributed by atoms with Gasteiger partial charge in [0.2, 0.25) is 15.9 Å². The van der Waals surface area contributed by atoms with E-state index < -0.39 is 16.1 Å².